The molecule has 2 rings (SSSR count). The SMILES string of the molecule is O=C(Cc1ccccc1Cl)ON1C(=O)CCC1=O. The zero-order valence-electron chi connectivity index (χ0n) is 9.39. The highest BCUT2D eigenvalue weighted by molar-refractivity contribution is 6.31. The first-order valence-electron chi connectivity index (χ1n) is 5.38. The Morgan fingerprint density at radius 2 is 1.83 bits per heavy atom. The van der Waals surface area contributed by atoms with Gasteiger partial charge in [-0.1, -0.05) is 29.8 Å². The summed E-state index contributed by atoms with van der Waals surface area (Å²) in [6.45, 7) is 0. The van der Waals surface area contributed by atoms with E-state index in [1.54, 1.807) is 24.3 Å². The van der Waals surface area contributed by atoms with Crippen LogP contribution in [-0.2, 0) is 25.6 Å². The molecule has 5 nitrogen and oxygen atoms in total. The van der Waals surface area contributed by atoms with E-state index in [0.717, 1.165) is 0 Å². The molecule has 1 aliphatic heterocycles. The molecule has 94 valence electrons. The molecule has 0 unspecified atom stereocenters. The largest absolute Gasteiger partial charge is 0.337 e. The molecule has 1 aromatic carbocycles. The number of carbonyl (C=O) groups excluding carboxylic acids is 3. The monoisotopic (exact) mass is 267 g/mol. The number of amides is 2. The van der Waals surface area contributed by atoms with Crippen molar-refractivity contribution in [2.45, 2.75) is 19.3 Å². The molecule has 0 saturated carbocycles. The Morgan fingerprint density at radius 3 is 2.44 bits per heavy atom. The first-order chi connectivity index (χ1) is 8.58. The van der Waals surface area contributed by atoms with Crippen molar-refractivity contribution in [2.24, 2.45) is 0 Å². The second kappa shape index (κ2) is 5.18. The van der Waals surface area contributed by atoms with Crippen molar-refractivity contribution in [3.05, 3.63) is 34.9 Å². The highest BCUT2D eigenvalue weighted by atomic mass is 35.5. The normalized spacial score (nSPS) is 15.1. The molecule has 1 heterocycles. The van der Waals surface area contributed by atoms with E-state index in [4.69, 9.17) is 16.4 Å². The minimum Gasteiger partial charge on any atom is -0.330 e. The Labute approximate surface area is 108 Å². The minimum atomic E-state index is -0.688. The fourth-order valence-corrected chi connectivity index (χ4v) is 1.79. The predicted molar refractivity (Wildman–Crippen MR) is 62.3 cm³/mol. The van der Waals surface area contributed by atoms with E-state index in [-0.39, 0.29) is 19.3 Å². The van der Waals surface area contributed by atoms with Gasteiger partial charge in [0.2, 0.25) is 0 Å². The molecule has 18 heavy (non-hydrogen) atoms. The summed E-state index contributed by atoms with van der Waals surface area (Å²) in [5, 5.41) is 0.965. The summed E-state index contributed by atoms with van der Waals surface area (Å²) >= 11 is 5.89. The van der Waals surface area contributed by atoms with Gasteiger partial charge in [0.1, 0.15) is 0 Å². The van der Waals surface area contributed by atoms with Gasteiger partial charge in [-0.25, -0.2) is 4.79 Å². The molecule has 0 N–H and O–H groups in total. The van der Waals surface area contributed by atoms with Crippen LogP contribution in [0.15, 0.2) is 24.3 Å². The Balaban J connectivity index is 1.99. The Kier molecular flexibility index (Phi) is 3.62. The average Bonchev–Trinajstić information content (AvgIpc) is 2.64. The van der Waals surface area contributed by atoms with Crippen LogP contribution in [0.1, 0.15) is 18.4 Å². The molecule has 1 saturated heterocycles. The standard InChI is InChI=1S/C12H10ClNO4/c13-9-4-2-1-3-8(9)7-12(17)18-14-10(15)5-6-11(14)16/h1-4H,5-7H2. The zero-order chi connectivity index (χ0) is 13.1. The molecule has 0 radical (unpaired) electrons. The molecule has 1 fully saturated rings. The molecule has 0 spiro atoms. The van der Waals surface area contributed by atoms with Crippen LogP contribution in [0.2, 0.25) is 5.02 Å². The van der Waals surface area contributed by atoms with Gasteiger partial charge in [0.25, 0.3) is 11.8 Å². The smallest absolute Gasteiger partial charge is 0.330 e. The summed E-state index contributed by atoms with van der Waals surface area (Å²) in [7, 11) is 0. The lowest BCUT2D eigenvalue weighted by atomic mass is 10.1. The van der Waals surface area contributed by atoms with E-state index >= 15 is 0 Å². The molecular formula is C12H10ClNO4. The highest BCUT2D eigenvalue weighted by Gasteiger charge is 2.32. The first kappa shape index (κ1) is 12.6. The van der Waals surface area contributed by atoms with Crippen molar-refractivity contribution in [3.8, 4) is 0 Å². The lowest BCUT2D eigenvalue weighted by Crippen LogP contribution is -2.32. The number of halogens is 1. The molecule has 1 aromatic rings. The minimum absolute atomic E-state index is 0.0816. The summed E-state index contributed by atoms with van der Waals surface area (Å²) in [5.74, 6) is -1.67. The van der Waals surface area contributed by atoms with E-state index in [9.17, 15) is 14.4 Å². The zero-order valence-corrected chi connectivity index (χ0v) is 10.1. The summed E-state index contributed by atoms with van der Waals surface area (Å²) in [6.07, 6.45) is 0.0765. The number of benzene rings is 1. The lowest BCUT2D eigenvalue weighted by Gasteiger charge is -2.12. The van der Waals surface area contributed by atoms with Gasteiger partial charge in [0.05, 0.1) is 6.42 Å². The second-order valence-corrected chi connectivity index (χ2v) is 4.22. The molecular weight excluding hydrogens is 258 g/mol. The molecule has 0 aliphatic carbocycles. The van der Waals surface area contributed by atoms with Gasteiger partial charge < -0.3 is 4.84 Å². The van der Waals surface area contributed by atoms with Gasteiger partial charge >= 0.3 is 5.97 Å². The van der Waals surface area contributed by atoms with Gasteiger partial charge in [-0.2, -0.15) is 0 Å². The molecule has 1 aliphatic rings. The van der Waals surface area contributed by atoms with Gasteiger partial charge in [-0.15, -0.1) is 5.06 Å². The van der Waals surface area contributed by atoms with Gasteiger partial charge in [-0.3, -0.25) is 9.59 Å². The van der Waals surface area contributed by atoms with E-state index in [1.807, 2.05) is 0 Å². The number of carbonyl (C=O) groups is 3. The van der Waals surface area contributed by atoms with Crippen molar-refractivity contribution in [3.63, 3.8) is 0 Å². The Hall–Kier alpha value is -1.88. The van der Waals surface area contributed by atoms with E-state index in [1.165, 1.54) is 0 Å². The average molecular weight is 268 g/mol. The Bertz CT molecular complexity index is 499. The quantitative estimate of drug-likeness (QED) is 0.779. The number of imide groups is 1. The van der Waals surface area contributed by atoms with Gasteiger partial charge in [0, 0.05) is 17.9 Å². The third-order valence-corrected chi connectivity index (χ3v) is 2.86. The number of rotatable bonds is 3. The van der Waals surface area contributed by atoms with Crippen LogP contribution < -0.4 is 0 Å². The molecule has 6 heteroatoms. The number of hydrogen-bond acceptors (Lipinski definition) is 4. The molecule has 0 atom stereocenters. The highest BCUT2D eigenvalue weighted by Crippen LogP contribution is 2.17. The fraction of sp³-hybridized carbons (Fsp3) is 0.250. The summed E-state index contributed by atoms with van der Waals surface area (Å²) in [6, 6.07) is 6.80. The van der Waals surface area contributed by atoms with Crippen LogP contribution >= 0.6 is 11.6 Å². The van der Waals surface area contributed by atoms with Crippen molar-refractivity contribution in [2.75, 3.05) is 0 Å². The van der Waals surface area contributed by atoms with Crippen LogP contribution in [0.3, 0.4) is 0 Å². The van der Waals surface area contributed by atoms with Crippen LogP contribution in [0.25, 0.3) is 0 Å². The fourth-order valence-electron chi connectivity index (χ4n) is 1.59. The van der Waals surface area contributed by atoms with Crippen molar-refractivity contribution in [1.29, 1.82) is 0 Å². The van der Waals surface area contributed by atoms with Crippen LogP contribution in [-0.4, -0.2) is 22.8 Å². The summed E-state index contributed by atoms with van der Waals surface area (Å²) in [4.78, 5) is 38.8. The van der Waals surface area contributed by atoms with Crippen molar-refractivity contribution < 1.29 is 19.2 Å². The first-order valence-corrected chi connectivity index (χ1v) is 5.75. The molecule has 0 bridgehead atoms. The maximum absolute atomic E-state index is 11.6. The molecule has 0 aromatic heterocycles. The summed E-state index contributed by atoms with van der Waals surface area (Å²) in [5.41, 5.74) is 0.586. The molecule has 2 amide bonds. The van der Waals surface area contributed by atoms with Crippen LogP contribution in [0, 0.1) is 0 Å². The van der Waals surface area contributed by atoms with Gasteiger partial charge in [-0.05, 0) is 11.6 Å². The number of hydrogen-bond donors (Lipinski definition) is 0. The second-order valence-electron chi connectivity index (χ2n) is 3.81. The van der Waals surface area contributed by atoms with Crippen LogP contribution in [0.5, 0.6) is 0 Å². The van der Waals surface area contributed by atoms with E-state index < -0.39 is 17.8 Å². The van der Waals surface area contributed by atoms with E-state index in [2.05, 4.69) is 0 Å². The lowest BCUT2D eigenvalue weighted by molar-refractivity contribution is -0.197. The third-order valence-electron chi connectivity index (χ3n) is 2.49. The van der Waals surface area contributed by atoms with Crippen molar-refractivity contribution in [1.82, 2.24) is 5.06 Å². The van der Waals surface area contributed by atoms with Crippen LogP contribution in [0.4, 0.5) is 0 Å². The number of nitrogens with zero attached hydrogens (tertiary/aromatic N) is 1. The van der Waals surface area contributed by atoms with Crippen molar-refractivity contribution >= 4 is 29.4 Å². The maximum Gasteiger partial charge on any atom is 0.337 e. The maximum atomic E-state index is 11.6. The Morgan fingerprint density at radius 1 is 1.22 bits per heavy atom. The summed E-state index contributed by atoms with van der Waals surface area (Å²) < 4.78 is 0. The number of hydroxylamine groups is 2. The third kappa shape index (κ3) is 2.68. The van der Waals surface area contributed by atoms with Gasteiger partial charge in [0.15, 0.2) is 0 Å². The predicted octanol–water partition coefficient (Wildman–Crippen LogP) is 1.49. The topological polar surface area (TPSA) is 63.7 Å². The van der Waals surface area contributed by atoms with E-state index in [0.29, 0.717) is 15.6 Å².